The molecule has 0 spiro atoms. The number of urea groups is 1. The van der Waals surface area contributed by atoms with Gasteiger partial charge in [0.2, 0.25) is 0 Å². The summed E-state index contributed by atoms with van der Waals surface area (Å²) >= 11 is 5.46. The minimum absolute atomic E-state index is 0.0461. The quantitative estimate of drug-likeness (QED) is 0.0536. The summed E-state index contributed by atoms with van der Waals surface area (Å²) in [4.78, 5) is 34.7. The van der Waals surface area contributed by atoms with Crippen LogP contribution in [0.3, 0.4) is 0 Å². The highest BCUT2D eigenvalue weighted by Gasteiger charge is 2.37. The van der Waals surface area contributed by atoms with E-state index in [0.29, 0.717) is 5.56 Å². The minimum Gasteiger partial charge on any atom is -0.508 e. The van der Waals surface area contributed by atoms with Crippen LogP contribution in [-0.2, 0) is 11.2 Å². The van der Waals surface area contributed by atoms with Gasteiger partial charge < -0.3 is 50.5 Å². The van der Waals surface area contributed by atoms with Crippen molar-refractivity contribution in [3.8, 4) is 46.0 Å². The molecule has 1 heterocycles. The second-order valence-electron chi connectivity index (χ2n) is 11.5. The van der Waals surface area contributed by atoms with E-state index in [-0.39, 0.29) is 59.0 Å². The molecule has 2 unspecified atom stereocenters. The molecule has 258 valence electrons. The highest BCUT2D eigenvalue weighted by Crippen LogP contribution is 2.44. The Kier molecular flexibility index (Phi) is 11.5. The number of ether oxygens (including phenoxy) is 2. The van der Waals surface area contributed by atoms with Crippen LogP contribution in [0.1, 0.15) is 60.2 Å². The lowest BCUT2D eigenvalue weighted by molar-refractivity contribution is -0.0189. The number of fused-ring (bicyclic) bond motifs is 1. The van der Waals surface area contributed by atoms with Crippen molar-refractivity contribution in [1.82, 2.24) is 10.3 Å². The molecule has 0 saturated heterocycles. The van der Waals surface area contributed by atoms with Gasteiger partial charge in [-0.05, 0) is 55.9 Å². The molecule has 1 fully saturated rings. The van der Waals surface area contributed by atoms with E-state index in [2.05, 4.69) is 17.5 Å². The largest absolute Gasteiger partial charge is 0.508 e. The zero-order valence-electron chi connectivity index (χ0n) is 25.7. The van der Waals surface area contributed by atoms with Gasteiger partial charge >= 0.3 is 12.0 Å². The van der Waals surface area contributed by atoms with Gasteiger partial charge in [0.25, 0.3) is 0 Å². The molecule has 0 aromatic heterocycles. The molecule has 15 nitrogen and oxygen atoms in total. The fourth-order valence-corrected chi connectivity index (χ4v) is 5.55. The first kappa shape index (κ1) is 35.5. The van der Waals surface area contributed by atoms with Gasteiger partial charge in [-0.1, -0.05) is 13.0 Å². The van der Waals surface area contributed by atoms with Crippen molar-refractivity contribution < 1.29 is 54.8 Å². The molecule has 2 atom stereocenters. The van der Waals surface area contributed by atoms with Crippen LogP contribution in [0.2, 0.25) is 0 Å². The van der Waals surface area contributed by atoms with E-state index in [9.17, 15) is 50.2 Å². The van der Waals surface area contributed by atoms with E-state index in [1.54, 1.807) is 0 Å². The van der Waals surface area contributed by atoms with Gasteiger partial charge in [-0.3, -0.25) is 0 Å². The summed E-state index contributed by atoms with van der Waals surface area (Å²) in [5, 5.41) is 74.5. The van der Waals surface area contributed by atoms with Crippen LogP contribution in [0.5, 0.6) is 46.0 Å². The average Bonchev–Trinajstić information content (AvgIpc) is 3.04. The molecule has 16 heteroatoms. The molecule has 3 aromatic rings. The lowest BCUT2D eigenvalue weighted by Gasteiger charge is -2.34. The predicted octanol–water partition coefficient (Wildman–Crippen LogP) is 5.02. The number of hydrogen-bond donors (Lipinski definition) is 8. The number of rotatable bonds is 7. The topological polar surface area (TPSA) is 239 Å². The van der Waals surface area contributed by atoms with Crippen LogP contribution in [0.4, 0.5) is 4.79 Å². The lowest BCUT2D eigenvalue weighted by Crippen LogP contribution is -2.44. The number of phenols is 7. The number of carbonyl (C=O) groups excluding carboxylic acids is 2. The van der Waals surface area contributed by atoms with E-state index >= 15 is 0 Å². The zero-order valence-corrected chi connectivity index (χ0v) is 26.5. The second kappa shape index (κ2) is 15.5. The minimum atomic E-state index is -1.06. The van der Waals surface area contributed by atoms with Gasteiger partial charge in [0.05, 0.1) is 17.4 Å². The van der Waals surface area contributed by atoms with E-state index in [0.717, 1.165) is 54.8 Å². The number of carbonyl (C=O) groups is 2. The average molecular weight is 690 g/mol. The summed E-state index contributed by atoms with van der Waals surface area (Å²) in [5.41, 5.74) is 0.324. The van der Waals surface area contributed by atoms with Crippen LogP contribution in [0.15, 0.2) is 47.8 Å². The summed E-state index contributed by atoms with van der Waals surface area (Å²) in [5.74, 6) is -3.49. The number of hydrogen-bond acceptors (Lipinski definition) is 13. The van der Waals surface area contributed by atoms with E-state index in [1.165, 1.54) is 24.3 Å². The monoisotopic (exact) mass is 689 g/mol. The molecule has 2 aliphatic rings. The Hall–Kier alpha value is -5.31. The first-order valence-electron chi connectivity index (χ1n) is 15.0. The predicted molar refractivity (Wildman–Crippen MR) is 170 cm³/mol. The molecule has 8 N–H and O–H groups in total. The van der Waals surface area contributed by atoms with Gasteiger partial charge in [0.1, 0.15) is 23.4 Å². The van der Waals surface area contributed by atoms with Crippen molar-refractivity contribution in [3.05, 3.63) is 64.1 Å². The second-order valence-corrected chi connectivity index (χ2v) is 11.9. The van der Waals surface area contributed by atoms with Crippen molar-refractivity contribution in [2.75, 3.05) is 12.4 Å². The normalized spacial score (nSPS) is 19.8. The Bertz CT molecular complexity index is 1620. The van der Waals surface area contributed by atoms with Crippen molar-refractivity contribution >= 4 is 23.6 Å². The summed E-state index contributed by atoms with van der Waals surface area (Å²) in [7, 11) is 0. The number of nitroso groups, excluding NO2 is 1. The van der Waals surface area contributed by atoms with Crippen molar-refractivity contribution in [2.45, 2.75) is 57.3 Å². The Balaban J connectivity index is 0.000000274. The number of aromatic hydroxyl groups is 7. The number of nitrogens with zero attached hydrogens (tertiary/aromatic N) is 2. The van der Waals surface area contributed by atoms with Crippen LogP contribution in [-0.4, -0.2) is 77.3 Å². The maximum atomic E-state index is 12.7. The maximum Gasteiger partial charge on any atom is 0.340 e. The van der Waals surface area contributed by atoms with Crippen molar-refractivity contribution in [2.24, 2.45) is 11.2 Å². The van der Waals surface area contributed by atoms with Crippen molar-refractivity contribution in [3.63, 3.8) is 0 Å². The Morgan fingerprint density at radius 3 is 2.19 bits per heavy atom. The fourth-order valence-electron chi connectivity index (χ4n) is 5.39. The molecule has 2 amide bonds. The van der Waals surface area contributed by atoms with Crippen LogP contribution < -0.4 is 10.1 Å². The lowest BCUT2D eigenvalue weighted by atomic mass is 9.87. The summed E-state index contributed by atoms with van der Waals surface area (Å²) in [6, 6.07) is 7.80. The van der Waals surface area contributed by atoms with Gasteiger partial charge in [-0.15, -0.1) is 16.5 Å². The molecule has 5 rings (SSSR count). The fraction of sp³-hybridized carbons (Fsp3) is 0.375. The smallest absolute Gasteiger partial charge is 0.340 e. The van der Waals surface area contributed by atoms with Gasteiger partial charge in [0, 0.05) is 41.6 Å². The SMILES string of the molecule is CC1CCC(NC(=O)N(CCCl)N=O)CC1.O=C(OC1Cc2c(O)cc(O)cc2OC1c1ccc(O)c(O)c1)c1cc(O)c(O)c(O)c1. The number of amides is 2. The Morgan fingerprint density at radius 2 is 1.58 bits per heavy atom. The molecule has 48 heavy (non-hydrogen) atoms. The number of benzene rings is 3. The van der Waals surface area contributed by atoms with E-state index < -0.39 is 47.2 Å². The summed E-state index contributed by atoms with van der Waals surface area (Å²) in [6.07, 6.45) is 2.06. The van der Waals surface area contributed by atoms with E-state index in [1.807, 2.05) is 0 Å². The molecule has 1 saturated carbocycles. The number of esters is 1. The van der Waals surface area contributed by atoms with Crippen LogP contribution >= 0.6 is 11.6 Å². The van der Waals surface area contributed by atoms with Gasteiger partial charge in [-0.25, -0.2) is 9.59 Å². The molecule has 1 aliphatic carbocycles. The first-order valence-corrected chi connectivity index (χ1v) is 15.5. The standard InChI is InChI=1S/C22H18O10.C10H18ClN3O2/c23-11-6-14(25)12-8-19(32-22(30)10-4-16(27)20(29)17(28)5-10)21(31-18(12)7-11)9-1-2-13(24)15(26)3-9;1-8-2-4-9(5-3-8)12-10(15)14(13-16)7-6-11/h1-7,19,21,23-29H,8H2;8-9H,2-7H2,1H3,(H,12,15). The Labute approximate surface area is 279 Å². The van der Waals surface area contributed by atoms with Gasteiger partial charge in [0.15, 0.2) is 34.9 Å². The zero-order chi connectivity index (χ0) is 35.1. The van der Waals surface area contributed by atoms with Crippen LogP contribution in [0, 0.1) is 10.8 Å². The third-order valence-electron chi connectivity index (χ3n) is 8.03. The highest BCUT2D eigenvalue weighted by atomic mass is 35.5. The number of nitrogens with one attached hydrogen (secondary N) is 1. The van der Waals surface area contributed by atoms with Crippen LogP contribution in [0.25, 0.3) is 0 Å². The molecular formula is C32H36ClN3O12. The molecule has 0 bridgehead atoms. The van der Waals surface area contributed by atoms with Gasteiger partial charge in [-0.2, -0.15) is 5.01 Å². The molecule has 0 radical (unpaired) electrons. The Morgan fingerprint density at radius 1 is 0.917 bits per heavy atom. The number of halogens is 1. The summed E-state index contributed by atoms with van der Waals surface area (Å²) < 4.78 is 11.4. The molecule has 1 aliphatic heterocycles. The third kappa shape index (κ3) is 8.53. The summed E-state index contributed by atoms with van der Waals surface area (Å²) in [6.45, 7) is 2.37. The first-order chi connectivity index (χ1) is 22.8. The molecule has 3 aromatic carbocycles. The number of alkyl halides is 1. The third-order valence-corrected chi connectivity index (χ3v) is 8.20. The number of phenolic OH excluding ortho intramolecular Hbond substituents is 7. The highest BCUT2D eigenvalue weighted by molar-refractivity contribution is 6.18. The van der Waals surface area contributed by atoms with E-state index in [4.69, 9.17) is 21.1 Å². The maximum absolute atomic E-state index is 12.7. The molecular weight excluding hydrogens is 654 g/mol. The van der Waals surface area contributed by atoms with Crippen molar-refractivity contribution in [1.29, 1.82) is 0 Å².